The molecule has 0 aromatic heterocycles. The minimum absolute atomic E-state index is 0.0228. The molecule has 0 aliphatic rings. The topological polar surface area (TPSA) is 105 Å². The monoisotopic (exact) mass is 285 g/mol. The number of phenolic OH excluding ortho intramolecular Hbond substituents is 1. The molecule has 0 saturated carbocycles. The molecule has 0 heterocycles. The quantitative estimate of drug-likeness (QED) is 0.509. The van der Waals surface area contributed by atoms with Gasteiger partial charge >= 0.3 is 0 Å². The van der Waals surface area contributed by atoms with Gasteiger partial charge in [0.1, 0.15) is 5.75 Å². The Balaban J connectivity index is 2.01. The maximum atomic E-state index is 11.7. The second kappa shape index (κ2) is 6.29. The van der Waals surface area contributed by atoms with Gasteiger partial charge in [-0.3, -0.25) is 14.9 Å². The van der Waals surface area contributed by atoms with Crippen LogP contribution in [0.25, 0.3) is 0 Å². The van der Waals surface area contributed by atoms with E-state index >= 15 is 0 Å². The molecule has 7 nitrogen and oxygen atoms in total. The van der Waals surface area contributed by atoms with E-state index in [0.717, 1.165) is 0 Å². The molecule has 0 radical (unpaired) electrons. The van der Waals surface area contributed by atoms with Crippen molar-refractivity contribution in [2.75, 3.05) is 0 Å². The van der Waals surface area contributed by atoms with E-state index in [1.54, 1.807) is 12.1 Å². The second-order valence-electron chi connectivity index (χ2n) is 4.06. The van der Waals surface area contributed by atoms with Crippen LogP contribution in [0.15, 0.2) is 53.6 Å². The number of phenols is 1. The highest BCUT2D eigenvalue weighted by Gasteiger charge is 2.08. The smallest absolute Gasteiger partial charge is 0.275 e. The number of rotatable bonds is 4. The molecular weight excluding hydrogens is 274 g/mol. The highest BCUT2D eigenvalue weighted by atomic mass is 16.6. The van der Waals surface area contributed by atoms with E-state index in [1.807, 2.05) is 0 Å². The zero-order valence-corrected chi connectivity index (χ0v) is 10.8. The second-order valence-corrected chi connectivity index (χ2v) is 4.06. The zero-order valence-electron chi connectivity index (χ0n) is 10.8. The molecule has 0 bridgehead atoms. The van der Waals surface area contributed by atoms with Gasteiger partial charge in [0.2, 0.25) is 0 Å². The van der Waals surface area contributed by atoms with Crippen molar-refractivity contribution in [3.8, 4) is 5.75 Å². The van der Waals surface area contributed by atoms with Crippen molar-refractivity contribution in [1.29, 1.82) is 0 Å². The van der Waals surface area contributed by atoms with E-state index in [2.05, 4.69) is 10.5 Å². The first-order valence-electron chi connectivity index (χ1n) is 5.94. The molecule has 0 aliphatic carbocycles. The Labute approximate surface area is 119 Å². The highest BCUT2D eigenvalue weighted by Crippen LogP contribution is 2.15. The lowest BCUT2D eigenvalue weighted by atomic mass is 10.2. The fraction of sp³-hybridized carbons (Fsp3) is 0. The minimum Gasteiger partial charge on any atom is -0.507 e. The lowest BCUT2D eigenvalue weighted by Gasteiger charge is -2.01. The average Bonchev–Trinajstić information content (AvgIpc) is 2.48. The van der Waals surface area contributed by atoms with Crippen molar-refractivity contribution < 1.29 is 14.8 Å². The third kappa shape index (κ3) is 3.63. The molecule has 7 heteroatoms. The van der Waals surface area contributed by atoms with Gasteiger partial charge in [-0.2, -0.15) is 5.10 Å². The maximum Gasteiger partial charge on any atom is 0.275 e. The number of aromatic hydroxyl groups is 1. The van der Waals surface area contributed by atoms with Gasteiger partial charge in [0, 0.05) is 12.1 Å². The maximum absolute atomic E-state index is 11.7. The Morgan fingerprint density at radius 1 is 1.19 bits per heavy atom. The average molecular weight is 285 g/mol. The Morgan fingerprint density at radius 3 is 2.48 bits per heavy atom. The standard InChI is InChI=1S/C14H11N3O4/c18-13-4-2-1-3-12(13)14(19)16-15-9-10-5-7-11(8-6-10)17(20)21/h1-9,18H,(H,16,19). The molecule has 106 valence electrons. The number of nitrogens with one attached hydrogen (secondary N) is 1. The minimum atomic E-state index is -0.550. The van der Waals surface area contributed by atoms with Gasteiger partial charge in [-0.05, 0) is 29.8 Å². The number of nitrogens with zero attached hydrogens (tertiary/aromatic N) is 2. The zero-order chi connectivity index (χ0) is 15.2. The normalized spacial score (nSPS) is 10.5. The van der Waals surface area contributed by atoms with Crippen LogP contribution >= 0.6 is 0 Å². The van der Waals surface area contributed by atoms with Crippen molar-refractivity contribution in [2.24, 2.45) is 5.10 Å². The van der Waals surface area contributed by atoms with Crippen molar-refractivity contribution in [2.45, 2.75) is 0 Å². The Hall–Kier alpha value is -3.22. The van der Waals surface area contributed by atoms with E-state index in [0.29, 0.717) is 5.56 Å². The van der Waals surface area contributed by atoms with Crippen LogP contribution in [0.5, 0.6) is 5.75 Å². The highest BCUT2D eigenvalue weighted by molar-refractivity contribution is 5.97. The molecule has 2 N–H and O–H groups in total. The molecule has 0 atom stereocenters. The summed E-state index contributed by atoms with van der Waals surface area (Å²) in [6.07, 6.45) is 1.35. The summed E-state index contributed by atoms with van der Waals surface area (Å²) < 4.78 is 0. The van der Waals surface area contributed by atoms with Gasteiger partial charge in [-0.15, -0.1) is 0 Å². The SMILES string of the molecule is O=C(NN=Cc1ccc([N+](=O)[O-])cc1)c1ccccc1O. The van der Waals surface area contributed by atoms with Crippen molar-refractivity contribution in [3.05, 3.63) is 69.8 Å². The summed E-state index contributed by atoms with van der Waals surface area (Å²) in [6, 6.07) is 11.8. The summed E-state index contributed by atoms with van der Waals surface area (Å²) in [6.45, 7) is 0. The van der Waals surface area contributed by atoms with Crippen molar-refractivity contribution in [3.63, 3.8) is 0 Å². The van der Waals surface area contributed by atoms with Gasteiger partial charge in [0.05, 0.1) is 16.7 Å². The molecule has 2 rings (SSSR count). The number of amides is 1. The third-order valence-corrected chi connectivity index (χ3v) is 2.63. The summed E-state index contributed by atoms with van der Waals surface area (Å²) in [7, 11) is 0. The van der Waals surface area contributed by atoms with E-state index in [4.69, 9.17) is 0 Å². The first-order valence-corrected chi connectivity index (χ1v) is 5.94. The number of nitro groups is 1. The molecule has 1 amide bonds. The number of non-ortho nitro benzene ring substituents is 1. The number of hydrazone groups is 1. The van der Waals surface area contributed by atoms with Gasteiger partial charge in [0.15, 0.2) is 0 Å². The number of hydrogen-bond acceptors (Lipinski definition) is 5. The molecular formula is C14H11N3O4. The van der Waals surface area contributed by atoms with Crippen LogP contribution in [0, 0.1) is 10.1 Å². The number of benzene rings is 2. The van der Waals surface area contributed by atoms with Crippen molar-refractivity contribution in [1.82, 2.24) is 5.43 Å². The summed E-state index contributed by atoms with van der Waals surface area (Å²) in [5.41, 5.74) is 2.94. The largest absolute Gasteiger partial charge is 0.507 e. The van der Waals surface area contributed by atoms with Gasteiger partial charge < -0.3 is 5.11 Å². The van der Waals surface area contributed by atoms with Crippen LogP contribution in [-0.2, 0) is 0 Å². The van der Waals surface area contributed by atoms with Gasteiger partial charge in [-0.25, -0.2) is 5.43 Å². The Bertz CT molecular complexity index is 696. The van der Waals surface area contributed by atoms with Crippen LogP contribution in [-0.4, -0.2) is 22.2 Å². The number of nitro benzene ring substituents is 1. The number of hydrogen-bond donors (Lipinski definition) is 2. The lowest BCUT2D eigenvalue weighted by molar-refractivity contribution is -0.384. The van der Waals surface area contributed by atoms with Crippen molar-refractivity contribution >= 4 is 17.8 Å². The molecule has 0 aliphatic heterocycles. The summed E-state index contributed by atoms with van der Waals surface area (Å²) in [5.74, 6) is -0.688. The van der Waals surface area contributed by atoms with E-state index in [9.17, 15) is 20.0 Å². The summed E-state index contributed by atoms with van der Waals surface area (Å²) in [5, 5.41) is 23.7. The van der Waals surface area contributed by atoms with Crippen LogP contribution in [0.2, 0.25) is 0 Å². The molecule has 2 aromatic rings. The number of carbonyl (C=O) groups excluding carboxylic acids is 1. The summed E-state index contributed by atoms with van der Waals surface area (Å²) in [4.78, 5) is 21.7. The fourth-order valence-corrected chi connectivity index (χ4v) is 1.57. The number of para-hydroxylation sites is 1. The third-order valence-electron chi connectivity index (χ3n) is 2.63. The lowest BCUT2D eigenvalue weighted by Crippen LogP contribution is -2.17. The molecule has 0 fully saturated rings. The predicted octanol–water partition coefficient (Wildman–Crippen LogP) is 2.06. The fourth-order valence-electron chi connectivity index (χ4n) is 1.57. The summed E-state index contributed by atoms with van der Waals surface area (Å²) >= 11 is 0. The molecule has 2 aromatic carbocycles. The number of carbonyl (C=O) groups is 1. The molecule has 0 unspecified atom stereocenters. The Morgan fingerprint density at radius 2 is 1.86 bits per heavy atom. The molecule has 0 spiro atoms. The van der Waals surface area contributed by atoms with Gasteiger partial charge in [0.25, 0.3) is 11.6 Å². The van der Waals surface area contributed by atoms with Gasteiger partial charge in [-0.1, -0.05) is 12.1 Å². The molecule has 0 saturated heterocycles. The Kier molecular flexibility index (Phi) is 4.25. The molecule has 21 heavy (non-hydrogen) atoms. The van der Waals surface area contributed by atoms with Crippen LogP contribution < -0.4 is 5.43 Å². The van der Waals surface area contributed by atoms with E-state index < -0.39 is 10.8 Å². The first kappa shape index (κ1) is 14.2. The van der Waals surface area contributed by atoms with E-state index in [-0.39, 0.29) is 17.0 Å². The van der Waals surface area contributed by atoms with E-state index in [1.165, 1.54) is 42.6 Å². The van der Waals surface area contributed by atoms with Crippen LogP contribution in [0.1, 0.15) is 15.9 Å². The van der Waals surface area contributed by atoms with Crippen LogP contribution in [0.3, 0.4) is 0 Å². The van der Waals surface area contributed by atoms with Crippen LogP contribution in [0.4, 0.5) is 5.69 Å². The predicted molar refractivity (Wildman–Crippen MR) is 76.3 cm³/mol. The first-order chi connectivity index (χ1) is 10.1.